The number of hydrogen-bond acceptors (Lipinski definition) is 3. The van der Waals surface area contributed by atoms with Gasteiger partial charge in [-0.2, -0.15) is 0 Å². The minimum absolute atomic E-state index is 0.107. The van der Waals surface area contributed by atoms with E-state index in [9.17, 15) is 9.59 Å². The second-order valence-corrected chi connectivity index (χ2v) is 7.45. The first-order valence-electron chi connectivity index (χ1n) is 8.72. The Morgan fingerprint density at radius 1 is 0.923 bits per heavy atom. The predicted octanol–water partition coefficient (Wildman–Crippen LogP) is 4.44. The van der Waals surface area contributed by atoms with Gasteiger partial charge in [-0.15, -0.1) is 0 Å². The van der Waals surface area contributed by atoms with Crippen molar-refractivity contribution >= 4 is 29.1 Å². The second-order valence-electron chi connectivity index (χ2n) is 7.04. The molecule has 4 atom stereocenters. The van der Waals surface area contributed by atoms with Gasteiger partial charge in [-0.3, -0.25) is 9.59 Å². The zero-order valence-electron chi connectivity index (χ0n) is 13.8. The summed E-state index contributed by atoms with van der Waals surface area (Å²) in [6, 6.07) is 14.4. The number of rotatable bonds is 3. The van der Waals surface area contributed by atoms with Gasteiger partial charge in [0.2, 0.25) is 11.8 Å². The molecule has 130 valence electrons. The number of imide groups is 1. The molecule has 1 aliphatic heterocycles. The van der Waals surface area contributed by atoms with Crippen molar-refractivity contribution in [3.05, 3.63) is 65.7 Å². The lowest BCUT2D eigenvalue weighted by Gasteiger charge is -2.18. The highest BCUT2D eigenvalue weighted by Crippen LogP contribution is 2.53. The maximum Gasteiger partial charge on any atom is 0.238 e. The van der Waals surface area contributed by atoms with Crippen molar-refractivity contribution in [3.8, 4) is 11.5 Å². The largest absolute Gasteiger partial charge is 0.456 e. The first-order valence-corrected chi connectivity index (χ1v) is 9.10. The van der Waals surface area contributed by atoms with Crippen LogP contribution in [0.25, 0.3) is 0 Å². The normalized spacial score (nSPS) is 28.7. The number of nitrogens with zero attached hydrogens (tertiary/aromatic N) is 1. The molecule has 2 aromatic carbocycles. The summed E-state index contributed by atoms with van der Waals surface area (Å²) in [6.45, 7) is 0. The molecule has 2 aliphatic carbocycles. The minimum Gasteiger partial charge on any atom is -0.456 e. The monoisotopic (exact) mass is 365 g/mol. The molecule has 26 heavy (non-hydrogen) atoms. The number of carbonyl (C=O) groups is 2. The quantitative estimate of drug-likeness (QED) is 0.596. The van der Waals surface area contributed by atoms with Crippen molar-refractivity contribution in [1.29, 1.82) is 0 Å². The van der Waals surface area contributed by atoms with Gasteiger partial charge in [0.1, 0.15) is 11.5 Å². The van der Waals surface area contributed by atoms with Crippen LogP contribution in [-0.2, 0) is 9.59 Å². The molecule has 1 heterocycles. The maximum absolute atomic E-state index is 12.9. The van der Waals surface area contributed by atoms with Crippen LogP contribution in [-0.4, -0.2) is 11.8 Å². The Labute approximate surface area is 156 Å². The molecule has 1 saturated carbocycles. The van der Waals surface area contributed by atoms with E-state index in [0.717, 1.165) is 6.42 Å². The summed E-state index contributed by atoms with van der Waals surface area (Å²) in [4.78, 5) is 27.0. The van der Waals surface area contributed by atoms with E-state index in [4.69, 9.17) is 16.3 Å². The van der Waals surface area contributed by atoms with Crippen LogP contribution in [0.1, 0.15) is 6.42 Å². The van der Waals surface area contributed by atoms with Gasteiger partial charge in [0, 0.05) is 0 Å². The minimum atomic E-state index is -0.212. The summed E-state index contributed by atoms with van der Waals surface area (Å²) < 4.78 is 5.77. The molecule has 0 radical (unpaired) electrons. The van der Waals surface area contributed by atoms with Crippen LogP contribution in [0.5, 0.6) is 11.5 Å². The molecule has 0 unspecified atom stereocenters. The summed E-state index contributed by atoms with van der Waals surface area (Å²) in [5.74, 6) is 0.919. The number of halogens is 1. The summed E-state index contributed by atoms with van der Waals surface area (Å²) in [5.41, 5.74) is 0.513. The summed E-state index contributed by atoms with van der Waals surface area (Å²) in [7, 11) is 0. The van der Waals surface area contributed by atoms with Gasteiger partial charge in [0.25, 0.3) is 0 Å². The highest BCUT2D eigenvalue weighted by Gasteiger charge is 2.59. The Balaban J connectivity index is 1.44. The fourth-order valence-corrected chi connectivity index (χ4v) is 4.70. The number of ether oxygens (including phenoxy) is 1. The van der Waals surface area contributed by atoms with E-state index in [0.29, 0.717) is 22.2 Å². The number of allylic oxidation sites excluding steroid dienone is 2. The zero-order valence-corrected chi connectivity index (χ0v) is 14.6. The van der Waals surface area contributed by atoms with Gasteiger partial charge < -0.3 is 4.74 Å². The van der Waals surface area contributed by atoms with Gasteiger partial charge >= 0.3 is 0 Å². The smallest absolute Gasteiger partial charge is 0.238 e. The summed E-state index contributed by atoms with van der Waals surface area (Å²) in [6.07, 6.45) is 5.10. The highest BCUT2D eigenvalue weighted by atomic mass is 35.5. The van der Waals surface area contributed by atoms with E-state index in [-0.39, 0.29) is 35.5 Å². The highest BCUT2D eigenvalue weighted by molar-refractivity contribution is 6.33. The fraction of sp³-hybridized carbons (Fsp3) is 0.238. The number of para-hydroxylation sites is 1. The van der Waals surface area contributed by atoms with Crippen LogP contribution in [0, 0.1) is 23.7 Å². The van der Waals surface area contributed by atoms with E-state index in [2.05, 4.69) is 12.2 Å². The van der Waals surface area contributed by atoms with E-state index in [1.165, 1.54) is 4.90 Å². The molecule has 5 rings (SSSR count). The number of fused-ring (bicyclic) bond motifs is 5. The summed E-state index contributed by atoms with van der Waals surface area (Å²) >= 11 is 6.36. The number of anilines is 1. The van der Waals surface area contributed by atoms with Gasteiger partial charge in [-0.25, -0.2) is 4.90 Å². The van der Waals surface area contributed by atoms with Crippen LogP contribution < -0.4 is 9.64 Å². The molecular weight excluding hydrogens is 350 g/mol. The maximum atomic E-state index is 12.9. The van der Waals surface area contributed by atoms with E-state index < -0.39 is 0 Å². The molecule has 4 nitrogen and oxygen atoms in total. The van der Waals surface area contributed by atoms with Gasteiger partial charge in [0.05, 0.1) is 22.5 Å². The van der Waals surface area contributed by atoms with Crippen molar-refractivity contribution < 1.29 is 14.3 Å². The molecule has 1 saturated heterocycles. The van der Waals surface area contributed by atoms with Gasteiger partial charge in [-0.05, 0) is 48.6 Å². The molecule has 2 amide bonds. The van der Waals surface area contributed by atoms with Crippen LogP contribution in [0.3, 0.4) is 0 Å². The third-order valence-corrected chi connectivity index (χ3v) is 5.91. The van der Waals surface area contributed by atoms with Gasteiger partial charge in [0.15, 0.2) is 0 Å². The molecule has 3 aliphatic rings. The average molecular weight is 366 g/mol. The second kappa shape index (κ2) is 5.71. The first-order chi connectivity index (χ1) is 12.6. The Morgan fingerprint density at radius 3 is 2.19 bits per heavy atom. The SMILES string of the molecule is O=C1[C@@H]2[C@H](C(=O)N1c1ccc(Oc3ccccc3)c(Cl)c1)[C@@H]1C=C[C@@H]2C1. The van der Waals surface area contributed by atoms with Crippen molar-refractivity contribution in [3.63, 3.8) is 0 Å². The van der Waals surface area contributed by atoms with Crippen LogP contribution >= 0.6 is 11.6 Å². The molecule has 2 bridgehead atoms. The topological polar surface area (TPSA) is 46.6 Å². The van der Waals surface area contributed by atoms with Crippen molar-refractivity contribution in [2.24, 2.45) is 23.7 Å². The Bertz CT molecular complexity index is 910. The molecule has 0 N–H and O–H groups in total. The zero-order chi connectivity index (χ0) is 17.8. The van der Waals surface area contributed by atoms with Crippen LogP contribution in [0.4, 0.5) is 5.69 Å². The molecule has 2 aromatic rings. The Morgan fingerprint density at radius 2 is 1.58 bits per heavy atom. The summed E-state index contributed by atoms with van der Waals surface area (Å²) in [5, 5.41) is 0.366. The molecule has 0 aromatic heterocycles. The number of carbonyl (C=O) groups excluding carboxylic acids is 2. The standard InChI is InChI=1S/C21H16ClNO3/c22-16-11-14(8-9-17(16)26-15-4-2-1-3-5-15)23-20(24)18-12-6-7-13(10-12)19(18)21(23)25/h1-9,11-13,18-19H,10H2/t12-,13-,18-,19+/m1/s1. The lowest BCUT2D eigenvalue weighted by molar-refractivity contribution is -0.123. The molecule has 5 heteroatoms. The molecule has 0 spiro atoms. The lowest BCUT2D eigenvalue weighted by atomic mass is 9.85. The first kappa shape index (κ1) is 15.6. The fourth-order valence-electron chi connectivity index (χ4n) is 4.48. The lowest BCUT2D eigenvalue weighted by Crippen LogP contribution is -2.32. The molecule has 2 fully saturated rings. The van der Waals surface area contributed by atoms with Crippen LogP contribution in [0.15, 0.2) is 60.7 Å². The average Bonchev–Trinajstić information content (AvgIpc) is 3.32. The number of benzene rings is 2. The Kier molecular flexibility index (Phi) is 3.44. The van der Waals surface area contributed by atoms with Crippen LogP contribution in [0.2, 0.25) is 5.02 Å². The predicted molar refractivity (Wildman–Crippen MR) is 98.2 cm³/mol. The Hall–Kier alpha value is -2.59. The van der Waals surface area contributed by atoms with Gasteiger partial charge in [-0.1, -0.05) is 42.0 Å². The third-order valence-electron chi connectivity index (χ3n) is 5.62. The molecular formula is C21H16ClNO3. The van der Waals surface area contributed by atoms with Crippen molar-refractivity contribution in [2.75, 3.05) is 4.90 Å². The van der Waals surface area contributed by atoms with E-state index >= 15 is 0 Å². The van der Waals surface area contributed by atoms with E-state index in [1.807, 2.05) is 30.3 Å². The van der Waals surface area contributed by atoms with Crippen molar-refractivity contribution in [2.45, 2.75) is 6.42 Å². The third kappa shape index (κ3) is 2.22. The number of amides is 2. The number of hydrogen-bond donors (Lipinski definition) is 0. The van der Waals surface area contributed by atoms with Crippen molar-refractivity contribution in [1.82, 2.24) is 0 Å². The van der Waals surface area contributed by atoms with E-state index in [1.54, 1.807) is 18.2 Å².